The molecular formula is C35H32ClF5N10O3. The number of nitrogens with two attached hydrogens (primary N) is 1. The number of halogens is 6. The second-order valence-corrected chi connectivity index (χ2v) is 14.5. The van der Waals surface area contributed by atoms with Crippen LogP contribution in [0.15, 0.2) is 66.2 Å². The predicted molar refractivity (Wildman–Crippen MR) is 183 cm³/mol. The number of guanidine groups is 1. The van der Waals surface area contributed by atoms with Gasteiger partial charge >= 0.3 is 18.8 Å². The second-order valence-electron chi connectivity index (χ2n) is 14.1. The van der Waals surface area contributed by atoms with Crippen molar-refractivity contribution in [1.82, 2.24) is 34.9 Å². The van der Waals surface area contributed by atoms with E-state index >= 15 is 0 Å². The molecule has 6 rings (SSSR count). The Hall–Kier alpha value is -5.70. The number of hydrogen-bond donors (Lipinski definition) is 2. The van der Waals surface area contributed by atoms with Crippen molar-refractivity contribution in [2.75, 3.05) is 6.61 Å². The summed E-state index contributed by atoms with van der Waals surface area (Å²) in [5.74, 6) is -1.28. The van der Waals surface area contributed by atoms with Crippen molar-refractivity contribution in [3.05, 3.63) is 83.2 Å². The lowest BCUT2D eigenvalue weighted by molar-refractivity contribution is -0.164. The van der Waals surface area contributed by atoms with E-state index in [2.05, 4.69) is 20.1 Å². The quantitative estimate of drug-likeness (QED) is 0.167. The minimum Gasteiger partial charge on any atom is -0.447 e. The van der Waals surface area contributed by atoms with Crippen molar-refractivity contribution < 1.29 is 36.3 Å². The van der Waals surface area contributed by atoms with Gasteiger partial charge in [0.05, 0.1) is 11.1 Å². The number of benzene rings is 2. The Labute approximate surface area is 310 Å². The van der Waals surface area contributed by atoms with Gasteiger partial charge in [0.2, 0.25) is 5.82 Å². The molecule has 0 spiro atoms. The number of alkyl carbamates (subject to hydrolysis) is 1. The summed E-state index contributed by atoms with van der Waals surface area (Å²) >= 11 is 6.43. The molecule has 13 nitrogen and oxygen atoms in total. The molecule has 0 bridgehead atoms. The van der Waals surface area contributed by atoms with Crippen LogP contribution in [0.5, 0.6) is 0 Å². The minimum absolute atomic E-state index is 0.00640. The second kappa shape index (κ2) is 13.9. The van der Waals surface area contributed by atoms with E-state index in [1.807, 2.05) is 32.2 Å². The number of hydrogen-bond acceptors (Lipinski definition) is 10. The molecular weight excluding hydrogens is 739 g/mol. The van der Waals surface area contributed by atoms with Crippen LogP contribution in [0.2, 0.25) is 5.02 Å². The normalized spacial score (nSPS) is 18.6. The molecule has 1 aliphatic heterocycles. The first-order valence-electron chi connectivity index (χ1n) is 16.4. The summed E-state index contributed by atoms with van der Waals surface area (Å²) in [5.41, 5.74) is 3.76. The maximum atomic E-state index is 14.9. The van der Waals surface area contributed by atoms with Gasteiger partial charge in [0.15, 0.2) is 17.3 Å². The molecule has 2 aromatic carbocycles. The SMILES string of the molecule is CC(C)(C)C[C@]1(c2ccc(-c3cnc(C#N)nc3)cc2)N=C(N)N(C(COC(=O)NC2(C(F)(F)F)CC2)c2ccc(Cl)c(-c3ncnn3C(F)F)c2)C1=O. The maximum absolute atomic E-state index is 14.9. The van der Waals surface area contributed by atoms with Gasteiger partial charge in [-0.15, -0.1) is 0 Å². The van der Waals surface area contributed by atoms with Gasteiger partial charge in [-0.3, -0.25) is 9.69 Å². The third-order valence-electron chi connectivity index (χ3n) is 9.05. The molecule has 2 aliphatic rings. The molecule has 4 aromatic rings. The van der Waals surface area contributed by atoms with Crippen molar-refractivity contribution in [3.8, 4) is 28.6 Å². The first-order valence-corrected chi connectivity index (χ1v) is 16.8. The van der Waals surface area contributed by atoms with Crippen LogP contribution in [0.3, 0.4) is 0 Å². The highest BCUT2D eigenvalue weighted by Gasteiger charge is 2.64. The zero-order valence-corrected chi connectivity index (χ0v) is 29.7. The molecule has 0 saturated heterocycles. The van der Waals surface area contributed by atoms with Crippen molar-refractivity contribution >= 4 is 29.6 Å². The fourth-order valence-corrected chi connectivity index (χ4v) is 6.57. The van der Waals surface area contributed by atoms with Crippen molar-refractivity contribution in [3.63, 3.8) is 0 Å². The average Bonchev–Trinajstić information content (AvgIpc) is 3.66. The summed E-state index contributed by atoms with van der Waals surface area (Å²) in [7, 11) is 0. The highest BCUT2D eigenvalue weighted by molar-refractivity contribution is 6.33. The fraction of sp³-hybridized carbons (Fsp3) is 0.371. The van der Waals surface area contributed by atoms with E-state index in [1.165, 1.54) is 30.6 Å². The van der Waals surface area contributed by atoms with Crippen LogP contribution in [0, 0.1) is 16.7 Å². The van der Waals surface area contributed by atoms with E-state index < -0.39 is 53.9 Å². The highest BCUT2D eigenvalue weighted by atomic mass is 35.5. The molecule has 1 aliphatic carbocycles. The number of nitrogens with zero attached hydrogens (tertiary/aromatic N) is 8. The monoisotopic (exact) mass is 770 g/mol. The lowest BCUT2D eigenvalue weighted by Crippen LogP contribution is -2.50. The minimum atomic E-state index is -4.73. The Kier molecular flexibility index (Phi) is 9.82. The van der Waals surface area contributed by atoms with Gasteiger partial charge in [0.1, 0.15) is 24.5 Å². The lowest BCUT2D eigenvalue weighted by Gasteiger charge is -2.35. The number of amides is 2. The standard InChI is InChI=1S/C35H32ClF5N10O3/c1-32(2,3)17-34(22-7-4-19(5-8-22)21-14-44-26(13-42)45-15-21)28(52)50(30(43)48-34)25(16-54-31(53)49-33(10-11-33)35(39,40)41)20-6-9-24(36)23(12-20)27-46-18-47-51(27)29(37)38/h4-9,12,14-15,18,25,29H,10-11,16-17H2,1-3H3,(H2,43,48)(H,49,53)/t25?,34-/m1/s1. The summed E-state index contributed by atoms with van der Waals surface area (Å²) in [6.45, 7) is 1.85. The molecule has 2 aromatic heterocycles. The van der Waals surface area contributed by atoms with E-state index in [0.717, 1.165) is 11.2 Å². The Bertz CT molecular complexity index is 2140. The lowest BCUT2D eigenvalue weighted by atomic mass is 9.75. The number of carbonyl (C=O) groups excluding carboxylic acids is 2. The van der Waals surface area contributed by atoms with Crippen LogP contribution < -0.4 is 11.1 Å². The Morgan fingerprint density at radius 2 is 1.74 bits per heavy atom. The van der Waals surface area contributed by atoms with Crippen LogP contribution in [-0.2, 0) is 15.1 Å². The summed E-state index contributed by atoms with van der Waals surface area (Å²) in [6.07, 6.45) is -2.81. The van der Waals surface area contributed by atoms with Gasteiger partial charge in [-0.1, -0.05) is 62.7 Å². The van der Waals surface area contributed by atoms with E-state index in [9.17, 15) is 31.5 Å². The van der Waals surface area contributed by atoms with Crippen LogP contribution >= 0.6 is 11.6 Å². The van der Waals surface area contributed by atoms with E-state index in [0.29, 0.717) is 21.4 Å². The number of rotatable bonds is 10. The maximum Gasteiger partial charge on any atom is 0.411 e. The first kappa shape index (κ1) is 38.0. The predicted octanol–water partition coefficient (Wildman–Crippen LogP) is 6.67. The Morgan fingerprint density at radius 1 is 1.07 bits per heavy atom. The van der Waals surface area contributed by atoms with Crippen LogP contribution in [0.25, 0.3) is 22.5 Å². The molecule has 19 heteroatoms. The number of alkyl halides is 5. The molecule has 1 saturated carbocycles. The van der Waals surface area contributed by atoms with Crippen molar-refractivity contribution in [1.29, 1.82) is 5.26 Å². The Balaban J connectivity index is 1.40. The zero-order chi connectivity index (χ0) is 39.2. The van der Waals surface area contributed by atoms with E-state index in [-0.39, 0.29) is 53.0 Å². The van der Waals surface area contributed by atoms with Gasteiger partial charge in [0, 0.05) is 23.5 Å². The van der Waals surface area contributed by atoms with Crippen LogP contribution in [0.1, 0.15) is 69.6 Å². The largest absolute Gasteiger partial charge is 0.447 e. The van der Waals surface area contributed by atoms with Gasteiger partial charge in [-0.2, -0.15) is 37.0 Å². The van der Waals surface area contributed by atoms with E-state index in [4.69, 9.17) is 32.3 Å². The third kappa shape index (κ3) is 7.27. The molecule has 2 amide bonds. The molecule has 3 heterocycles. The van der Waals surface area contributed by atoms with Gasteiger partial charge in [-0.25, -0.2) is 24.7 Å². The van der Waals surface area contributed by atoms with E-state index in [1.54, 1.807) is 24.3 Å². The van der Waals surface area contributed by atoms with Crippen molar-refractivity contribution in [2.24, 2.45) is 16.1 Å². The number of nitriles is 1. The fourth-order valence-electron chi connectivity index (χ4n) is 6.37. The van der Waals surface area contributed by atoms with Gasteiger partial charge in [0.25, 0.3) is 5.91 Å². The zero-order valence-electron chi connectivity index (χ0n) is 28.9. The number of aromatic nitrogens is 5. The first-order chi connectivity index (χ1) is 25.4. The molecule has 3 N–H and O–H groups in total. The topological polar surface area (TPSA) is 177 Å². The summed E-state index contributed by atoms with van der Waals surface area (Å²) in [4.78, 5) is 45.5. The van der Waals surface area contributed by atoms with Crippen LogP contribution in [-0.4, -0.2) is 65.9 Å². The molecule has 1 fully saturated rings. The summed E-state index contributed by atoms with van der Waals surface area (Å²) < 4.78 is 74.3. The van der Waals surface area contributed by atoms with Crippen LogP contribution in [0.4, 0.5) is 26.7 Å². The van der Waals surface area contributed by atoms with Gasteiger partial charge in [-0.05, 0) is 53.5 Å². The molecule has 1 unspecified atom stereocenters. The van der Waals surface area contributed by atoms with Crippen molar-refractivity contribution in [2.45, 2.75) is 69.9 Å². The number of carbonyl (C=O) groups is 2. The molecule has 2 atom stereocenters. The van der Waals surface area contributed by atoms with Gasteiger partial charge < -0.3 is 15.8 Å². The Morgan fingerprint density at radius 3 is 2.31 bits per heavy atom. The molecule has 282 valence electrons. The average molecular weight is 771 g/mol. The third-order valence-corrected chi connectivity index (χ3v) is 9.38. The highest BCUT2D eigenvalue weighted by Crippen LogP contribution is 2.49. The molecule has 0 radical (unpaired) electrons. The summed E-state index contributed by atoms with van der Waals surface area (Å²) in [6, 6.07) is 11.4. The summed E-state index contributed by atoms with van der Waals surface area (Å²) in [5, 5.41) is 14.5. The number of aliphatic imine (C=N–C) groups is 1. The number of ether oxygens (including phenoxy) is 1. The molecule has 54 heavy (non-hydrogen) atoms. The smallest absolute Gasteiger partial charge is 0.411 e. The number of nitrogens with one attached hydrogen (secondary N) is 1.